The topological polar surface area (TPSA) is 70.8 Å². The zero-order valence-corrected chi connectivity index (χ0v) is 15.9. The normalized spacial score (nSPS) is 22.4. The molecule has 0 spiro atoms. The lowest BCUT2D eigenvalue weighted by Crippen LogP contribution is -2.45. The Balaban J connectivity index is 1.86. The average molecular weight is 333 g/mol. The van der Waals surface area contributed by atoms with E-state index in [-0.39, 0.29) is 5.04 Å². The van der Waals surface area contributed by atoms with Gasteiger partial charge in [0, 0.05) is 18.3 Å². The first-order chi connectivity index (χ1) is 10.7. The van der Waals surface area contributed by atoms with Gasteiger partial charge in [-0.1, -0.05) is 20.8 Å². The zero-order valence-electron chi connectivity index (χ0n) is 14.9. The molecule has 1 saturated carbocycles. The van der Waals surface area contributed by atoms with Crippen LogP contribution < -0.4 is 5.32 Å². The molecule has 1 fully saturated rings. The van der Waals surface area contributed by atoms with Gasteiger partial charge in [0.15, 0.2) is 8.32 Å². The van der Waals surface area contributed by atoms with Crippen molar-refractivity contribution in [3.05, 3.63) is 18.0 Å². The van der Waals surface area contributed by atoms with E-state index in [9.17, 15) is 0 Å². The quantitative estimate of drug-likeness (QED) is 0.841. The molecule has 126 valence electrons. The number of nitriles is 1. The summed E-state index contributed by atoms with van der Waals surface area (Å²) in [5, 5.41) is 12.5. The minimum absolute atomic E-state index is 0.258. The minimum atomic E-state index is -1.68. The minimum Gasteiger partial charge on any atom is -0.414 e. The number of nitrogens with one attached hydrogen (secondary N) is 1. The summed E-state index contributed by atoms with van der Waals surface area (Å²) in [6, 6.07) is 4.03. The fraction of sp³-hybridized carbons (Fsp3) is 0.706. The molecule has 1 N–H and O–H groups in total. The second-order valence-corrected chi connectivity index (χ2v) is 12.6. The molecule has 6 heteroatoms. The van der Waals surface area contributed by atoms with Gasteiger partial charge in [0.05, 0.1) is 0 Å². The fourth-order valence-electron chi connectivity index (χ4n) is 2.59. The molecule has 2 rings (SSSR count). The Morgan fingerprint density at radius 3 is 2.48 bits per heavy atom. The summed E-state index contributed by atoms with van der Waals surface area (Å²) in [6.07, 6.45) is 6.25. The standard InChI is InChI=1S/C17H28N4OSi/c1-17(2,3)23(4,5)22-15-8-6-13(7-9-15)20-16-19-11-10-14(12-18)21-16/h10-11,13,15H,6-9H2,1-5H3,(H,19,20,21). The lowest BCUT2D eigenvalue weighted by molar-refractivity contribution is 0.133. The van der Waals surface area contributed by atoms with Gasteiger partial charge in [-0.25, -0.2) is 9.97 Å². The van der Waals surface area contributed by atoms with Crippen LogP contribution in [0.5, 0.6) is 0 Å². The highest BCUT2D eigenvalue weighted by molar-refractivity contribution is 6.74. The van der Waals surface area contributed by atoms with Crippen molar-refractivity contribution in [2.24, 2.45) is 0 Å². The Morgan fingerprint density at radius 1 is 1.26 bits per heavy atom. The number of nitrogens with zero attached hydrogens (tertiary/aromatic N) is 3. The first kappa shape index (κ1) is 17.9. The third kappa shape index (κ3) is 4.76. The Morgan fingerprint density at radius 2 is 1.91 bits per heavy atom. The first-order valence-corrected chi connectivity index (χ1v) is 11.3. The monoisotopic (exact) mass is 332 g/mol. The summed E-state index contributed by atoms with van der Waals surface area (Å²) in [5.74, 6) is 0.554. The molecule has 1 aliphatic rings. The van der Waals surface area contributed by atoms with Crippen molar-refractivity contribution in [1.82, 2.24) is 9.97 Å². The van der Waals surface area contributed by atoms with Gasteiger partial charge in [0.1, 0.15) is 11.8 Å². The van der Waals surface area contributed by atoms with Gasteiger partial charge in [0.2, 0.25) is 5.95 Å². The lowest BCUT2D eigenvalue weighted by atomic mass is 9.93. The first-order valence-electron chi connectivity index (χ1n) is 8.39. The van der Waals surface area contributed by atoms with Crippen molar-refractivity contribution >= 4 is 14.3 Å². The van der Waals surface area contributed by atoms with E-state index in [4.69, 9.17) is 9.69 Å². The van der Waals surface area contributed by atoms with Crippen LogP contribution in [0.4, 0.5) is 5.95 Å². The molecule has 0 aliphatic heterocycles. The van der Waals surface area contributed by atoms with Crippen LogP contribution in [0.2, 0.25) is 18.1 Å². The highest BCUT2D eigenvalue weighted by Crippen LogP contribution is 2.39. The van der Waals surface area contributed by atoms with E-state index in [1.54, 1.807) is 12.3 Å². The average Bonchev–Trinajstić information content (AvgIpc) is 2.48. The van der Waals surface area contributed by atoms with Gasteiger partial charge in [-0.05, 0) is 49.9 Å². The Kier molecular flexibility index (Phi) is 5.43. The van der Waals surface area contributed by atoms with Gasteiger partial charge < -0.3 is 9.74 Å². The second kappa shape index (κ2) is 6.98. The Labute approximate surface area is 140 Å². The molecular weight excluding hydrogens is 304 g/mol. The predicted molar refractivity (Wildman–Crippen MR) is 94.7 cm³/mol. The molecule has 0 amide bonds. The van der Waals surface area contributed by atoms with Crippen LogP contribution in [0.25, 0.3) is 0 Å². The van der Waals surface area contributed by atoms with Gasteiger partial charge in [-0.15, -0.1) is 0 Å². The largest absolute Gasteiger partial charge is 0.414 e. The molecule has 1 aromatic rings. The van der Waals surface area contributed by atoms with Gasteiger partial charge >= 0.3 is 0 Å². The van der Waals surface area contributed by atoms with Crippen molar-refractivity contribution in [2.45, 2.75) is 76.7 Å². The maximum absolute atomic E-state index is 8.90. The van der Waals surface area contributed by atoms with Crippen molar-refractivity contribution in [1.29, 1.82) is 5.26 Å². The molecule has 0 aromatic carbocycles. The Bertz CT molecular complexity index is 569. The maximum Gasteiger partial charge on any atom is 0.224 e. The third-order valence-electron chi connectivity index (χ3n) is 5.05. The van der Waals surface area contributed by atoms with E-state index in [0.29, 0.717) is 23.8 Å². The molecule has 1 aliphatic carbocycles. The summed E-state index contributed by atoms with van der Waals surface area (Å²) in [5.41, 5.74) is 0.400. The molecule has 1 aromatic heterocycles. The van der Waals surface area contributed by atoms with Crippen LogP contribution in [-0.2, 0) is 4.43 Å². The second-order valence-electron chi connectivity index (χ2n) is 7.87. The van der Waals surface area contributed by atoms with E-state index in [1.807, 2.05) is 6.07 Å². The van der Waals surface area contributed by atoms with E-state index >= 15 is 0 Å². The highest BCUT2D eigenvalue weighted by Gasteiger charge is 2.39. The van der Waals surface area contributed by atoms with E-state index in [0.717, 1.165) is 25.7 Å². The van der Waals surface area contributed by atoms with Crippen molar-refractivity contribution < 1.29 is 4.43 Å². The van der Waals surface area contributed by atoms with Crippen molar-refractivity contribution in [3.8, 4) is 6.07 Å². The maximum atomic E-state index is 8.90. The number of rotatable bonds is 4. The van der Waals surface area contributed by atoms with E-state index < -0.39 is 8.32 Å². The number of hydrogen-bond donors (Lipinski definition) is 1. The lowest BCUT2D eigenvalue weighted by Gasteiger charge is -2.41. The van der Waals surface area contributed by atoms with Gasteiger partial charge in [-0.2, -0.15) is 5.26 Å². The molecule has 0 radical (unpaired) electrons. The van der Waals surface area contributed by atoms with E-state index in [2.05, 4.69) is 49.1 Å². The summed E-state index contributed by atoms with van der Waals surface area (Å²) in [4.78, 5) is 8.38. The van der Waals surface area contributed by atoms with Crippen LogP contribution >= 0.6 is 0 Å². The number of hydrogen-bond acceptors (Lipinski definition) is 5. The van der Waals surface area contributed by atoms with Crippen LogP contribution in [0, 0.1) is 11.3 Å². The van der Waals surface area contributed by atoms with Crippen LogP contribution in [0.15, 0.2) is 12.3 Å². The van der Waals surface area contributed by atoms with Crippen LogP contribution in [0.3, 0.4) is 0 Å². The molecule has 0 atom stereocenters. The smallest absolute Gasteiger partial charge is 0.224 e. The van der Waals surface area contributed by atoms with Crippen LogP contribution in [-0.4, -0.2) is 30.4 Å². The molecular formula is C17H28N4OSi. The number of anilines is 1. The highest BCUT2D eigenvalue weighted by atomic mass is 28.4. The molecule has 0 bridgehead atoms. The van der Waals surface area contributed by atoms with Crippen molar-refractivity contribution in [3.63, 3.8) is 0 Å². The summed E-state index contributed by atoms with van der Waals surface area (Å²) in [6.45, 7) is 11.5. The third-order valence-corrected chi connectivity index (χ3v) is 9.58. The molecule has 0 saturated heterocycles. The predicted octanol–water partition coefficient (Wildman–Crippen LogP) is 4.09. The fourth-order valence-corrected chi connectivity index (χ4v) is 4.01. The molecule has 5 nitrogen and oxygen atoms in total. The zero-order chi connectivity index (χ0) is 17.1. The van der Waals surface area contributed by atoms with Gasteiger partial charge in [0.25, 0.3) is 0 Å². The van der Waals surface area contributed by atoms with E-state index in [1.165, 1.54) is 0 Å². The summed E-state index contributed by atoms with van der Waals surface area (Å²) >= 11 is 0. The SMILES string of the molecule is CC(C)(C)[Si](C)(C)OC1CCC(Nc2nccc(C#N)n2)CC1. The molecule has 0 unspecified atom stereocenters. The molecule has 23 heavy (non-hydrogen) atoms. The summed E-state index contributed by atoms with van der Waals surface area (Å²) < 4.78 is 6.52. The van der Waals surface area contributed by atoms with Gasteiger partial charge in [-0.3, -0.25) is 0 Å². The Hall–Kier alpha value is -1.45. The number of aromatic nitrogens is 2. The van der Waals surface area contributed by atoms with Crippen LogP contribution in [0.1, 0.15) is 52.1 Å². The van der Waals surface area contributed by atoms with Crippen molar-refractivity contribution in [2.75, 3.05) is 5.32 Å². The molecule has 1 heterocycles. The summed E-state index contributed by atoms with van der Waals surface area (Å²) in [7, 11) is -1.68.